The normalized spacial score (nSPS) is 17.9. The van der Waals surface area contributed by atoms with Crippen LogP contribution in [0.1, 0.15) is 28.0 Å². The highest BCUT2D eigenvalue weighted by atomic mass is 19.4. The third-order valence-corrected chi connectivity index (χ3v) is 3.76. The summed E-state index contributed by atoms with van der Waals surface area (Å²) < 4.78 is 40.7. The Kier molecular flexibility index (Phi) is 3.64. The topological polar surface area (TPSA) is 46.9 Å². The van der Waals surface area contributed by atoms with Crippen molar-refractivity contribution in [2.45, 2.75) is 31.6 Å². The highest BCUT2D eigenvalue weighted by molar-refractivity contribution is 5.96. The van der Waals surface area contributed by atoms with E-state index in [1.165, 1.54) is 18.2 Å². The van der Waals surface area contributed by atoms with Crippen LogP contribution in [-0.2, 0) is 19.1 Å². The van der Waals surface area contributed by atoms with Crippen molar-refractivity contribution in [1.29, 1.82) is 0 Å². The van der Waals surface area contributed by atoms with E-state index in [9.17, 15) is 18.0 Å². The van der Waals surface area contributed by atoms with Gasteiger partial charge < -0.3 is 5.32 Å². The molecule has 1 aliphatic heterocycles. The summed E-state index contributed by atoms with van der Waals surface area (Å²) in [6.07, 6.45) is -1.65. The van der Waals surface area contributed by atoms with E-state index < -0.39 is 17.6 Å². The van der Waals surface area contributed by atoms with Gasteiger partial charge in [-0.25, -0.2) is 0 Å². The molecule has 7 heteroatoms. The molecule has 0 bridgehead atoms. The lowest BCUT2D eigenvalue weighted by Crippen LogP contribution is -2.40. The largest absolute Gasteiger partial charge is 0.417 e. The molecule has 0 fully saturated rings. The monoisotopic (exact) mass is 309 g/mol. The minimum Gasteiger partial charge on any atom is -0.349 e. The minimum absolute atomic E-state index is 0.182. The Hall–Kier alpha value is -2.31. The van der Waals surface area contributed by atoms with Crippen molar-refractivity contribution >= 4 is 5.91 Å². The average molecular weight is 309 g/mol. The molecule has 22 heavy (non-hydrogen) atoms. The van der Waals surface area contributed by atoms with Gasteiger partial charge in [0.1, 0.15) is 0 Å². The van der Waals surface area contributed by atoms with Gasteiger partial charge in [-0.1, -0.05) is 12.1 Å². The second-order valence-corrected chi connectivity index (χ2v) is 5.25. The maximum atomic E-state index is 13.0. The van der Waals surface area contributed by atoms with Gasteiger partial charge >= 0.3 is 6.18 Å². The number of hydrogen-bond donors (Lipinski definition) is 1. The van der Waals surface area contributed by atoms with Crippen LogP contribution in [0, 0.1) is 0 Å². The second kappa shape index (κ2) is 5.47. The Morgan fingerprint density at radius 1 is 1.27 bits per heavy atom. The quantitative estimate of drug-likeness (QED) is 0.927. The van der Waals surface area contributed by atoms with Crippen LogP contribution in [0.5, 0.6) is 0 Å². The van der Waals surface area contributed by atoms with E-state index in [4.69, 9.17) is 0 Å². The molecule has 0 spiro atoms. The van der Waals surface area contributed by atoms with E-state index in [1.807, 2.05) is 10.7 Å². The summed E-state index contributed by atoms with van der Waals surface area (Å²) in [4.78, 5) is 12.2. The molecular weight excluding hydrogens is 295 g/mol. The van der Waals surface area contributed by atoms with Gasteiger partial charge in [0.25, 0.3) is 5.91 Å². The molecule has 1 aliphatic rings. The van der Waals surface area contributed by atoms with Crippen molar-refractivity contribution in [3.63, 3.8) is 0 Å². The summed E-state index contributed by atoms with van der Waals surface area (Å²) >= 11 is 0. The van der Waals surface area contributed by atoms with Crippen LogP contribution in [0.2, 0.25) is 0 Å². The van der Waals surface area contributed by atoms with E-state index in [-0.39, 0.29) is 11.6 Å². The summed E-state index contributed by atoms with van der Waals surface area (Å²) in [5.74, 6) is -0.689. The molecule has 1 atom stereocenters. The van der Waals surface area contributed by atoms with Crippen LogP contribution in [0.15, 0.2) is 36.5 Å². The zero-order valence-corrected chi connectivity index (χ0v) is 11.6. The number of alkyl halides is 3. The van der Waals surface area contributed by atoms with Gasteiger partial charge in [-0.2, -0.15) is 18.3 Å². The molecule has 0 saturated carbocycles. The molecule has 1 aromatic heterocycles. The second-order valence-electron chi connectivity index (χ2n) is 5.25. The van der Waals surface area contributed by atoms with E-state index in [2.05, 4.69) is 10.4 Å². The van der Waals surface area contributed by atoms with Gasteiger partial charge in [-0.3, -0.25) is 9.48 Å². The fraction of sp³-hybridized carbons (Fsp3) is 0.333. The Morgan fingerprint density at radius 2 is 2.05 bits per heavy atom. The molecule has 1 N–H and O–H groups in total. The van der Waals surface area contributed by atoms with Crippen LogP contribution >= 0.6 is 0 Å². The Bertz CT molecular complexity index is 693. The number of aryl methyl sites for hydroxylation is 1. The first kappa shape index (κ1) is 14.6. The van der Waals surface area contributed by atoms with E-state index in [1.54, 1.807) is 6.20 Å². The van der Waals surface area contributed by atoms with Crippen molar-refractivity contribution in [1.82, 2.24) is 15.1 Å². The highest BCUT2D eigenvalue weighted by Crippen LogP contribution is 2.31. The lowest BCUT2D eigenvalue weighted by Gasteiger charge is -2.24. The summed E-state index contributed by atoms with van der Waals surface area (Å²) in [5.41, 5.74) is -0.275. The van der Waals surface area contributed by atoms with Gasteiger partial charge in [0.2, 0.25) is 0 Å². The molecule has 2 heterocycles. The predicted octanol–water partition coefficient (Wildman–Crippen LogP) is 2.65. The highest BCUT2D eigenvalue weighted by Gasteiger charge is 2.35. The number of rotatable bonds is 2. The number of amides is 1. The maximum Gasteiger partial charge on any atom is 0.417 e. The van der Waals surface area contributed by atoms with Gasteiger partial charge in [-0.15, -0.1) is 0 Å². The smallest absolute Gasteiger partial charge is 0.349 e. The van der Waals surface area contributed by atoms with Gasteiger partial charge in [0.15, 0.2) is 0 Å². The van der Waals surface area contributed by atoms with Crippen molar-refractivity contribution in [3.05, 3.63) is 53.3 Å². The van der Waals surface area contributed by atoms with Crippen molar-refractivity contribution in [2.75, 3.05) is 0 Å². The van der Waals surface area contributed by atoms with Gasteiger partial charge in [0, 0.05) is 30.9 Å². The van der Waals surface area contributed by atoms with Crippen LogP contribution in [0.3, 0.4) is 0 Å². The number of halogens is 3. The molecule has 116 valence electrons. The minimum atomic E-state index is -4.54. The summed E-state index contributed by atoms with van der Waals surface area (Å²) in [7, 11) is 0. The van der Waals surface area contributed by atoms with Crippen LogP contribution < -0.4 is 5.32 Å². The lowest BCUT2D eigenvalue weighted by atomic mass is 10.0. The summed E-state index contributed by atoms with van der Waals surface area (Å²) in [5, 5.41) is 6.83. The SMILES string of the molecule is O=C(N[C@H]1CCn2nccc2C1)c1ccccc1C(F)(F)F. The first-order valence-electron chi connectivity index (χ1n) is 6.93. The number of aromatic nitrogens is 2. The zero-order chi connectivity index (χ0) is 15.7. The zero-order valence-electron chi connectivity index (χ0n) is 11.6. The number of nitrogens with one attached hydrogen (secondary N) is 1. The van der Waals surface area contributed by atoms with Crippen LogP contribution in [0.4, 0.5) is 13.2 Å². The van der Waals surface area contributed by atoms with E-state index in [0.717, 1.165) is 11.8 Å². The first-order valence-corrected chi connectivity index (χ1v) is 6.93. The molecule has 1 aromatic carbocycles. The summed E-state index contributed by atoms with van der Waals surface area (Å²) in [6, 6.07) is 6.50. The van der Waals surface area contributed by atoms with Gasteiger partial charge in [0.05, 0.1) is 11.1 Å². The number of carbonyl (C=O) groups is 1. The third kappa shape index (κ3) is 2.84. The van der Waals surface area contributed by atoms with E-state index >= 15 is 0 Å². The summed E-state index contributed by atoms with van der Waals surface area (Å²) in [6.45, 7) is 0.647. The molecular formula is C15H14F3N3O. The molecule has 4 nitrogen and oxygen atoms in total. The van der Waals surface area contributed by atoms with Crippen LogP contribution in [0.25, 0.3) is 0 Å². The Morgan fingerprint density at radius 3 is 2.82 bits per heavy atom. The predicted molar refractivity (Wildman–Crippen MR) is 73.2 cm³/mol. The first-order chi connectivity index (χ1) is 10.4. The third-order valence-electron chi connectivity index (χ3n) is 3.76. The number of carbonyl (C=O) groups excluding carboxylic acids is 1. The number of nitrogens with zero attached hydrogens (tertiary/aromatic N) is 2. The maximum absolute atomic E-state index is 13.0. The van der Waals surface area contributed by atoms with E-state index in [0.29, 0.717) is 19.4 Å². The Labute approximate surface area is 124 Å². The Balaban J connectivity index is 1.76. The van der Waals surface area contributed by atoms with Crippen molar-refractivity contribution in [2.24, 2.45) is 0 Å². The number of benzene rings is 1. The molecule has 0 saturated heterocycles. The molecule has 0 aliphatic carbocycles. The molecule has 1 amide bonds. The molecule has 3 rings (SSSR count). The fourth-order valence-corrected chi connectivity index (χ4v) is 2.68. The standard InChI is InChI=1S/C15H14F3N3O/c16-15(17,18)13-4-2-1-3-12(13)14(22)20-10-6-8-21-11(9-10)5-7-19-21/h1-5,7,10H,6,8-9H2,(H,20,22)/t10-/m0/s1. The fourth-order valence-electron chi connectivity index (χ4n) is 2.68. The van der Waals surface area contributed by atoms with Gasteiger partial charge in [-0.05, 0) is 24.6 Å². The van der Waals surface area contributed by atoms with Crippen molar-refractivity contribution in [3.8, 4) is 0 Å². The number of hydrogen-bond acceptors (Lipinski definition) is 2. The lowest BCUT2D eigenvalue weighted by molar-refractivity contribution is -0.137. The van der Waals surface area contributed by atoms with Crippen molar-refractivity contribution < 1.29 is 18.0 Å². The van der Waals surface area contributed by atoms with Crippen LogP contribution in [-0.4, -0.2) is 21.7 Å². The average Bonchev–Trinajstić information content (AvgIpc) is 2.94. The molecule has 0 radical (unpaired) electrons. The molecule has 2 aromatic rings. The number of fused-ring (bicyclic) bond motifs is 1. The molecule has 0 unspecified atom stereocenters.